The minimum absolute atomic E-state index is 0.0382. The lowest BCUT2D eigenvalue weighted by atomic mass is 9.91. The Bertz CT molecular complexity index is 965. The minimum atomic E-state index is -0.454. The number of benzene rings is 1. The number of amides is 4. The van der Waals surface area contributed by atoms with Gasteiger partial charge in [0.1, 0.15) is 6.61 Å². The summed E-state index contributed by atoms with van der Waals surface area (Å²) in [5.74, 6) is 0.457. The number of carbonyl (C=O) groups is 4. The summed E-state index contributed by atoms with van der Waals surface area (Å²) in [7, 11) is 0. The first-order chi connectivity index (χ1) is 20.8. The highest BCUT2D eigenvalue weighted by atomic mass is 16.5. The molecule has 2 fully saturated rings. The minimum Gasteiger partial charge on any atom is -0.445 e. The molecule has 3 rings (SSSR count). The van der Waals surface area contributed by atoms with Crippen molar-refractivity contribution in [2.75, 3.05) is 19.7 Å². The molecule has 0 aromatic heterocycles. The molecule has 1 aromatic rings. The smallest absolute Gasteiger partial charge is 0.407 e. The van der Waals surface area contributed by atoms with Gasteiger partial charge in [0, 0.05) is 12.5 Å². The van der Waals surface area contributed by atoms with E-state index in [0.717, 1.165) is 17.9 Å². The van der Waals surface area contributed by atoms with Crippen LogP contribution in [0.3, 0.4) is 0 Å². The van der Waals surface area contributed by atoms with E-state index >= 15 is 0 Å². The second-order valence-electron chi connectivity index (χ2n) is 12.6. The van der Waals surface area contributed by atoms with Gasteiger partial charge in [-0.25, -0.2) is 4.79 Å². The zero-order chi connectivity index (χ0) is 33.0. The topological polar surface area (TPSA) is 155 Å². The maximum Gasteiger partial charge on any atom is 0.407 e. The van der Waals surface area contributed by atoms with Crippen LogP contribution in [-0.2, 0) is 30.5 Å². The first kappa shape index (κ1) is 38.8. The molecule has 1 aliphatic heterocycles. The van der Waals surface area contributed by atoms with Gasteiger partial charge < -0.3 is 35.8 Å². The van der Waals surface area contributed by atoms with E-state index in [-0.39, 0.29) is 55.2 Å². The molecule has 0 radical (unpaired) electrons. The standard InChI is InChI=1S/C16H25NO3.C10H17N3O4.C7H14/c1-12(13(2)20-16(3,4)5)17-15(18)19-11-14-9-7-6-8-10-14;14-5-8(13-9(16)4-11-6-15)3-7-1-2-12-10(7)17;1-7-5-3-2-4-6-7/h6-10,12-13H,11H2,1-5H3,(H,17,18);6-8,14H,1-5H2,(H,11,15)(H,12,17)(H,13,16);7H,2-6H2,1H3. The molecule has 2 aliphatic rings. The van der Waals surface area contributed by atoms with Gasteiger partial charge >= 0.3 is 6.09 Å². The zero-order valence-corrected chi connectivity index (χ0v) is 27.5. The van der Waals surface area contributed by atoms with E-state index < -0.39 is 12.1 Å². The largest absolute Gasteiger partial charge is 0.445 e. The molecular weight excluding hydrogens is 564 g/mol. The first-order valence-corrected chi connectivity index (χ1v) is 15.8. The predicted octanol–water partition coefficient (Wildman–Crippen LogP) is 3.83. The molecule has 1 saturated carbocycles. The SMILES string of the molecule is CC(NC(=O)OCc1ccccc1)C(C)OC(C)(C)C.CC1CCCCC1.O=CNCC(=O)NC(CO)CC1CCNC1=O. The molecule has 0 spiro atoms. The average molecular weight is 621 g/mol. The third kappa shape index (κ3) is 18.5. The predicted molar refractivity (Wildman–Crippen MR) is 171 cm³/mol. The number of aliphatic hydroxyl groups is 1. The van der Waals surface area contributed by atoms with Crippen LogP contribution in [0, 0.1) is 11.8 Å². The number of aliphatic hydroxyl groups excluding tert-OH is 1. The van der Waals surface area contributed by atoms with Crippen molar-refractivity contribution < 1.29 is 33.8 Å². The van der Waals surface area contributed by atoms with Crippen LogP contribution in [0.1, 0.15) is 92.1 Å². The molecule has 1 heterocycles. The fraction of sp³-hybridized carbons (Fsp3) is 0.697. The van der Waals surface area contributed by atoms with Crippen molar-refractivity contribution in [3.63, 3.8) is 0 Å². The number of nitrogens with one attached hydrogen (secondary N) is 4. The molecule has 0 bridgehead atoms. The zero-order valence-electron chi connectivity index (χ0n) is 27.5. The lowest BCUT2D eigenvalue weighted by molar-refractivity contribution is -0.125. The summed E-state index contributed by atoms with van der Waals surface area (Å²) in [6.07, 6.45) is 8.49. The van der Waals surface area contributed by atoms with Crippen LogP contribution in [0.2, 0.25) is 0 Å². The maximum absolute atomic E-state index is 11.7. The van der Waals surface area contributed by atoms with E-state index in [1.807, 2.05) is 65.0 Å². The number of carbonyl (C=O) groups excluding carboxylic acids is 4. The molecule has 44 heavy (non-hydrogen) atoms. The van der Waals surface area contributed by atoms with Gasteiger partial charge in [-0.05, 0) is 58.9 Å². The molecule has 4 atom stereocenters. The summed E-state index contributed by atoms with van der Waals surface area (Å²) in [6, 6.07) is 9.03. The van der Waals surface area contributed by atoms with Crippen LogP contribution < -0.4 is 21.3 Å². The van der Waals surface area contributed by atoms with Gasteiger partial charge in [-0.15, -0.1) is 0 Å². The van der Waals surface area contributed by atoms with Gasteiger partial charge in [-0.2, -0.15) is 0 Å². The van der Waals surface area contributed by atoms with Crippen molar-refractivity contribution in [2.24, 2.45) is 11.8 Å². The second-order valence-corrected chi connectivity index (χ2v) is 12.6. The Morgan fingerprint density at radius 2 is 1.73 bits per heavy atom. The maximum atomic E-state index is 11.7. The summed E-state index contributed by atoms with van der Waals surface area (Å²) in [4.78, 5) is 44.3. The Morgan fingerprint density at radius 1 is 1.07 bits per heavy atom. The highest BCUT2D eigenvalue weighted by Crippen LogP contribution is 2.22. The Morgan fingerprint density at radius 3 is 2.23 bits per heavy atom. The average Bonchev–Trinajstić information content (AvgIpc) is 3.39. The Balaban J connectivity index is 0.000000363. The third-order valence-corrected chi connectivity index (χ3v) is 7.36. The van der Waals surface area contributed by atoms with Crippen LogP contribution in [0.15, 0.2) is 30.3 Å². The number of hydrogen-bond donors (Lipinski definition) is 5. The number of ether oxygens (including phenoxy) is 2. The number of hydrogen-bond acceptors (Lipinski definition) is 7. The third-order valence-electron chi connectivity index (χ3n) is 7.36. The van der Waals surface area contributed by atoms with Crippen molar-refractivity contribution in [3.8, 4) is 0 Å². The summed E-state index contributed by atoms with van der Waals surface area (Å²) < 4.78 is 11.0. The molecular formula is C33H56N4O7. The molecule has 5 N–H and O–H groups in total. The molecule has 1 aromatic carbocycles. The summed E-state index contributed by atoms with van der Waals surface area (Å²) >= 11 is 0. The Hall–Kier alpha value is -3.18. The number of rotatable bonds is 12. The van der Waals surface area contributed by atoms with Crippen LogP contribution in [0.4, 0.5) is 4.79 Å². The fourth-order valence-corrected chi connectivity index (χ4v) is 4.84. The van der Waals surface area contributed by atoms with Crippen molar-refractivity contribution in [1.29, 1.82) is 0 Å². The molecule has 250 valence electrons. The number of alkyl carbamates (subject to hydrolysis) is 1. The fourth-order valence-electron chi connectivity index (χ4n) is 4.84. The first-order valence-electron chi connectivity index (χ1n) is 15.8. The van der Waals surface area contributed by atoms with Crippen LogP contribution in [-0.4, -0.2) is 72.9 Å². The van der Waals surface area contributed by atoms with Gasteiger partial charge in [0.15, 0.2) is 0 Å². The van der Waals surface area contributed by atoms with Crippen molar-refractivity contribution in [3.05, 3.63) is 35.9 Å². The van der Waals surface area contributed by atoms with Gasteiger partial charge in [0.25, 0.3) is 0 Å². The van der Waals surface area contributed by atoms with E-state index in [1.54, 1.807) is 0 Å². The highest BCUT2D eigenvalue weighted by Gasteiger charge is 2.27. The van der Waals surface area contributed by atoms with Crippen molar-refractivity contribution in [1.82, 2.24) is 21.3 Å². The van der Waals surface area contributed by atoms with Crippen molar-refractivity contribution >= 4 is 24.3 Å². The van der Waals surface area contributed by atoms with E-state index in [9.17, 15) is 19.2 Å². The molecule has 11 heteroatoms. The van der Waals surface area contributed by atoms with Crippen molar-refractivity contribution in [2.45, 2.75) is 117 Å². The Labute approximate surface area is 263 Å². The van der Waals surface area contributed by atoms with Gasteiger partial charge in [0.2, 0.25) is 18.2 Å². The highest BCUT2D eigenvalue weighted by molar-refractivity contribution is 5.81. The molecule has 4 unspecified atom stereocenters. The normalized spacial score (nSPS) is 18.5. The Kier molecular flexibility index (Phi) is 19.0. The summed E-state index contributed by atoms with van der Waals surface area (Å²) in [5, 5.41) is 19.4. The van der Waals surface area contributed by atoms with E-state index in [0.29, 0.717) is 19.4 Å². The summed E-state index contributed by atoms with van der Waals surface area (Å²) in [5.41, 5.74) is 0.734. The van der Waals surface area contributed by atoms with Gasteiger partial charge in [0.05, 0.1) is 36.9 Å². The van der Waals surface area contributed by atoms with Crippen LogP contribution >= 0.6 is 0 Å². The molecule has 1 aliphatic carbocycles. The van der Waals surface area contributed by atoms with Crippen LogP contribution in [0.25, 0.3) is 0 Å². The van der Waals surface area contributed by atoms with E-state index in [4.69, 9.17) is 14.6 Å². The molecule has 11 nitrogen and oxygen atoms in total. The van der Waals surface area contributed by atoms with Gasteiger partial charge in [-0.3, -0.25) is 14.4 Å². The van der Waals surface area contributed by atoms with Gasteiger partial charge in [-0.1, -0.05) is 69.4 Å². The van der Waals surface area contributed by atoms with E-state index in [2.05, 4.69) is 28.2 Å². The lowest BCUT2D eigenvalue weighted by Gasteiger charge is -2.29. The van der Waals surface area contributed by atoms with Crippen LogP contribution in [0.5, 0.6) is 0 Å². The molecule has 4 amide bonds. The van der Waals surface area contributed by atoms with E-state index in [1.165, 1.54) is 32.1 Å². The quantitative estimate of drug-likeness (QED) is 0.223. The second kappa shape index (κ2) is 21.5. The monoisotopic (exact) mass is 620 g/mol. The molecule has 1 saturated heterocycles. The summed E-state index contributed by atoms with van der Waals surface area (Å²) in [6.45, 7) is 12.7. The lowest BCUT2D eigenvalue weighted by Crippen LogP contribution is -2.43.